The predicted octanol–water partition coefficient (Wildman–Crippen LogP) is 2.46. The monoisotopic (exact) mass is 464 g/mol. The molecule has 1 amide bonds. The molecule has 1 aliphatic heterocycles. The minimum Gasteiger partial charge on any atom is -0.497 e. The van der Waals surface area contributed by atoms with Crippen molar-refractivity contribution < 1.29 is 27.9 Å². The largest absolute Gasteiger partial charge is 0.497 e. The van der Waals surface area contributed by atoms with Crippen molar-refractivity contribution in [2.24, 2.45) is 0 Å². The Bertz CT molecular complexity index is 1140. The second-order valence-electron chi connectivity index (χ2n) is 6.03. The Morgan fingerprint density at radius 1 is 1.27 bits per heavy atom. The molecule has 3 rings (SSSR count). The predicted molar refractivity (Wildman–Crippen MR) is 118 cm³/mol. The number of benzene rings is 2. The van der Waals surface area contributed by atoms with Gasteiger partial charge < -0.3 is 15.2 Å². The van der Waals surface area contributed by atoms with Gasteiger partial charge in [0.05, 0.1) is 22.6 Å². The van der Waals surface area contributed by atoms with Crippen LogP contribution in [0.3, 0.4) is 0 Å². The minimum absolute atomic E-state index is 0.0793. The molecule has 156 valence electrons. The van der Waals surface area contributed by atoms with E-state index in [9.17, 15) is 23.1 Å². The zero-order valence-electron chi connectivity index (χ0n) is 15.6. The fourth-order valence-corrected chi connectivity index (χ4v) is 5.11. The lowest BCUT2D eigenvalue weighted by atomic mass is 10.2. The number of nitrogens with zero attached hydrogens (tertiary/aromatic N) is 1. The highest BCUT2D eigenvalue weighted by Gasteiger charge is 2.28. The number of anilines is 1. The van der Waals surface area contributed by atoms with Crippen LogP contribution in [-0.2, 0) is 19.6 Å². The molecule has 2 aromatic carbocycles. The van der Waals surface area contributed by atoms with Crippen LogP contribution in [0.15, 0.2) is 58.3 Å². The molecule has 2 aromatic rings. The highest BCUT2D eigenvalue weighted by atomic mass is 32.2. The molecule has 0 unspecified atom stereocenters. The number of thioether (sulfide) groups is 1. The minimum atomic E-state index is -4.17. The van der Waals surface area contributed by atoms with Crippen molar-refractivity contribution in [2.75, 3.05) is 18.0 Å². The van der Waals surface area contributed by atoms with E-state index in [1.54, 1.807) is 18.2 Å². The summed E-state index contributed by atoms with van der Waals surface area (Å²) in [5.41, 5.74) is 0.670. The van der Waals surface area contributed by atoms with E-state index in [4.69, 9.17) is 17.0 Å². The van der Waals surface area contributed by atoms with Crippen molar-refractivity contribution >= 4 is 62.0 Å². The number of carbonyl (C=O) groups is 2. The Hall–Kier alpha value is -2.89. The zero-order valence-corrected chi connectivity index (χ0v) is 18.0. The van der Waals surface area contributed by atoms with Crippen LogP contribution in [0.2, 0.25) is 0 Å². The molecule has 1 saturated heterocycles. The first kappa shape index (κ1) is 21.8. The zero-order chi connectivity index (χ0) is 21.9. The molecule has 0 bridgehead atoms. The van der Waals surface area contributed by atoms with Gasteiger partial charge in [-0.1, -0.05) is 36.1 Å². The van der Waals surface area contributed by atoms with Gasteiger partial charge in [0, 0.05) is 0 Å². The molecule has 1 fully saturated rings. The molecular weight excluding hydrogens is 448 g/mol. The van der Waals surface area contributed by atoms with Gasteiger partial charge in [0.15, 0.2) is 0 Å². The van der Waals surface area contributed by atoms with Gasteiger partial charge in [0.25, 0.3) is 15.9 Å². The number of ether oxygens (including phenoxy) is 1. The van der Waals surface area contributed by atoms with E-state index in [-0.39, 0.29) is 16.5 Å². The summed E-state index contributed by atoms with van der Waals surface area (Å²) in [6, 6.07) is 11.9. The molecule has 11 heteroatoms. The molecule has 0 aromatic heterocycles. The lowest BCUT2D eigenvalue weighted by molar-refractivity contribution is -0.135. The molecule has 0 spiro atoms. The molecule has 0 radical (unpaired) electrons. The Balaban J connectivity index is 2.01. The number of nitrogens with one attached hydrogen (secondary N) is 1. The molecule has 0 atom stereocenters. The van der Waals surface area contributed by atoms with E-state index in [0.29, 0.717) is 20.5 Å². The van der Waals surface area contributed by atoms with Gasteiger partial charge >= 0.3 is 5.97 Å². The molecule has 30 heavy (non-hydrogen) atoms. The average Bonchev–Trinajstić information content (AvgIpc) is 3.02. The van der Waals surface area contributed by atoms with Crippen LogP contribution in [-0.4, -0.2) is 43.4 Å². The average molecular weight is 465 g/mol. The molecular formula is C19H16N2O6S3. The van der Waals surface area contributed by atoms with Crippen LogP contribution in [0.1, 0.15) is 5.56 Å². The van der Waals surface area contributed by atoms with E-state index in [0.717, 1.165) is 16.1 Å². The Labute approximate surface area is 182 Å². The third-order valence-electron chi connectivity index (χ3n) is 4.02. The number of aliphatic carboxylic acids is 1. The van der Waals surface area contributed by atoms with Gasteiger partial charge in [-0.2, -0.15) is 0 Å². The van der Waals surface area contributed by atoms with Crippen molar-refractivity contribution in [3.63, 3.8) is 0 Å². The van der Waals surface area contributed by atoms with Gasteiger partial charge in [-0.25, -0.2) is 8.42 Å². The van der Waals surface area contributed by atoms with Gasteiger partial charge in [-0.15, -0.1) is 0 Å². The number of carboxylic acid groups (broad SMARTS) is 1. The Morgan fingerprint density at radius 2 is 1.97 bits per heavy atom. The molecule has 1 aliphatic rings. The standard InChI is InChI=1S/C19H16N2O6S3/c1-27-14-5-7-15(8-6-14)30(25,26)21(11-17(22)23)13-4-2-3-12(9-13)10-16-18(24)20-19(28)29-16/h2-10H,11H2,1H3,(H,22,23)(H,20,24,28). The van der Waals surface area contributed by atoms with E-state index in [1.807, 2.05) is 0 Å². The summed E-state index contributed by atoms with van der Waals surface area (Å²) in [6.45, 7) is -0.770. The van der Waals surface area contributed by atoms with Gasteiger partial charge in [0.2, 0.25) is 0 Å². The fraction of sp³-hybridized carbons (Fsp3) is 0.105. The topological polar surface area (TPSA) is 113 Å². The molecule has 0 saturated carbocycles. The van der Waals surface area contributed by atoms with Gasteiger partial charge in [-0.3, -0.25) is 13.9 Å². The quantitative estimate of drug-likeness (QED) is 0.475. The second-order valence-corrected chi connectivity index (χ2v) is 9.61. The molecule has 1 heterocycles. The Morgan fingerprint density at radius 3 is 2.53 bits per heavy atom. The van der Waals surface area contributed by atoms with Crippen molar-refractivity contribution in [2.45, 2.75) is 4.90 Å². The summed E-state index contributed by atoms with van der Waals surface area (Å²) < 4.78 is 32.4. The third kappa shape index (κ3) is 4.81. The molecule has 0 aliphatic carbocycles. The van der Waals surface area contributed by atoms with Gasteiger partial charge in [0.1, 0.15) is 16.6 Å². The van der Waals surface area contributed by atoms with Crippen LogP contribution >= 0.6 is 24.0 Å². The molecule has 2 N–H and O–H groups in total. The highest BCUT2D eigenvalue weighted by Crippen LogP contribution is 2.29. The number of sulfonamides is 1. The first-order valence-corrected chi connectivity index (χ1v) is 11.1. The normalized spacial score (nSPS) is 15.2. The second kappa shape index (κ2) is 8.86. The van der Waals surface area contributed by atoms with Crippen LogP contribution < -0.4 is 14.4 Å². The smallest absolute Gasteiger partial charge is 0.324 e. The Kier molecular flexibility index (Phi) is 6.44. The number of carboxylic acids is 1. The third-order valence-corrected chi connectivity index (χ3v) is 6.98. The van der Waals surface area contributed by atoms with E-state index in [2.05, 4.69) is 5.32 Å². The maximum Gasteiger partial charge on any atom is 0.324 e. The summed E-state index contributed by atoms with van der Waals surface area (Å²) >= 11 is 6.05. The highest BCUT2D eigenvalue weighted by molar-refractivity contribution is 8.26. The van der Waals surface area contributed by atoms with E-state index >= 15 is 0 Å². The first-order chi connectivity index (χ1) is 14.2. The number of carbonyl (C=O) groups excluding carboxylic acids is 1. The number of methoxy groups -OCH3 is 1. The summed E-state index contributed by atoms with van der Waals surface area (Å²) in [4.78, 5) is 23.5. The van der Waals surface area contributed by atoms with Crippen molar-refractivity contribution in [3.05, 3.63) is 59.0 Å². The van der Waals surface area contributed by atoms with Crippen molar-refractivity contribution in [1.82, 2.24) is 5.32 Å². The SMILES string of the molecule is COc1ccc(S(=O)(=O)N(CC(=O)O)c2cccc(C=C3SC(=S)NC3=O)c2)cc1. The summed E-state index contributed by atoms with van der Waals surface area (Å²) in [5.74, 6) is -1.19. The lowest BCUT2D eigenvalue weighted by Gasteiger charge is -2.23. The summed E-state index contributed by atoms with van der Waals surface area (Å²) in [5, 5.41) is 11.8. The van der Waals surface area contributed by atoms with Crippen LogP contribution in [0.5, 0.6) is 5.75 Å². The van der Waals surface area contributed by atoms with Gasteiger partial charge in [-0.05, 0) is 48.0 Å². The van der Waals surface area contributed by atoms with Crippen LogP contribution in [0.4, 0.5) is 5.69 Å². The van der Waals surface area contributed by atoms with Crippen LogP contribution in [0, 0.1) is 0 Å². The summed E-state index contributed by atoms with van der Waals surface area (Å²) in [7, 11) is -2.71. The number of hydrogen-bond acceptors (Lipinski definition) is 7. The number of thiocarbonyl (C=S) groups is 1. The fourth-order valence-electron chi connectivity index (χ4n) is 2.65. The van der Waals surface area contributed by atoms with Crippen molar-refractivity contribution in [3.8, 4) is 5.75 Å². The number of amides is 1. The maximum absolute atomic E-state index is 13.1. The number of rotatable bonds is 7. The van der Waals surface area contributed by atoms with Crippen molar-refractivity contribution in [1.29, 1.82) is 0 Å². The summed E-state index contributed by atoms with van der Waals surface area (Å²) in [6.07, 6.45) is 1.56. The van der Waals surface area contributed by atoms with Crippen LogP contribution in [0.25, 0.3) is 6.08 Å². The van der Waals surface area contributed by atoms with E-state index in [1.165, 1.54) is 43.5 Å². The lowest BCUT2D eigenvalue weighted by Crippen LogP contribution is -2.35. The van der Waals surface area contributed by atoms with E-state index < -0.39 is 22.5 Å². The molecule has 8 nitrogen and oxygen atoms in total. The number of hydrogen-bond donors (Lipinski definition) is 2. The maximum atomic E-state index is 13.1. The first-order valence-electron chi connectivity index (χ1n) is 8.44.